The molecule has 0 amide bonds. The summed E-state index contributed by atoms with van der Waals surface area (Å²) in [7, 11) is 0. The fourth-order valence-corrected chi connectivity index (χ4v) is 1.49. The Balaban J connectivity index is 5.37. The number of hydrogen-bond donors (Lipinski definition) is 0. The van der Waals surface area contributed by atoms with Crippen LogP contribution in [0.25, 0.3) is 0 Å². The van der Waals surface area contributed by atoms with Gasteiger partial charge in [-0.2, -0.15) is 5.26 Å². The normalized spacial score (nSPS) is 14.8. The highest BCUT2D eigenvalue weighted by atomic mass is 16.6. The highest BCUT2D eigenvalue weighted by molar-refractivity contribution is 5.87. The third kappa shape index (κ3) is 7.07. The molecule has 0 fully saturated rings. The number of ether oxygens (including phenoxy) is 2. The third-order valence-electron chi connectivity index (χ3n) is 2.34. The number of esters is 2. The largest absolute Gasteiger partial charge is 0.459 e. The quantitative estimate of drug-likeness (QED) is 0.442. The minimum Gasteiger partial charge on any atom is -0.459 e. The summed E-state index contributed by atoms with van der Waals surface area (Å²) >= 11 is 0. The van der Waals surface area contributed by atoms with Crippen LogP contribution in [0.15, 0.2) is 24.8 Å². The Kier molecular flexibility index (Phi) is 6.57. The van der Waals surface area contributed by atoms with Crippen LogP contribution in [0, 0.1) is 16.7 Å². The van der Waals surface area contributed by atoms with Crippen LogP contribution in [0.4, 0.5) is 0 Å². The molecule has 0 aliphatic carbocycles. The topological polar surface area (TPSA) is 76.4 Å². The van der Waals surface area contributed by atoms with Crippen LogP contribution in [0.1, 0.15) is 48.0 Å². The summed E-state index contributed by atoms with van der Waals surface area (Å²) in [6.45, 7) is 13.9. The maximum absolute atomic E-state index is 12.3. The molecule has 0 rings (SSSR count). The van der Waals surface area contributed by atoms with Gasteiger partial charge >= 0.3 is 11.9 Å². The molecular formula is C17H25NO4. The van der Waals surface area contributed by atoms with Gasteiger partial charge in [-0.3, -0.25) is 0 Å². The first kappa shape index (κ1) is 19.9. The smallest absolute Gasteiger partial charge is 0.331 e. The van der Waals surface area contributed by atoms with Crippen molar-refractivity contribution in [1.82, 2.24) is 0 Å². The van der Waals surface area contributed by atoms with Gasteiger partial charge in [-0.25, -0.2) is 9.59 Å². The second-order valence-electron chi connectivity index (χ2n) is 6.94. The summed E-state index contributed by atoms with van der Waals surface area (Å²) in [6, 6.07) is 1.92. The third-order valence-corrected chi connectivity index (χ3v) is 2.34. The second kappa shape index (κ2) is 7.26. The predicted octanol–water partition coefficient (Wildman–Crippen LogP) is 3.31. The maximum atomic E-state index is 12.3. The summed E-state index contributed by atoms with van der Waals surface area (Å²) in [5, 5.41) is 9.42. The van der Waals surface area contributed by atoms with E-state index in [9.17, 15) is 14.9 Å². The standard InChI is InChI=1S/C17H25NO4/c1-8-10-17(12-18,14(20)22-16(5,6)7)11-9-13(19)21-15(2,3)4/h8-9,11H,1,10H2,2-7H3/b11-9-. The molecule has 0 aromatic carbocycles. The van der Waals surface area contributed by atoms with Crippen LogP contribution in [-0.2, 0) is 19.1 Å². The number of carbonyl (C=O) groups excluding carboxylic acids is 2. The van der Waals surface area contributed by atoms with Crippen molar-refractivity contribution in [2.24, 2.45) is 5.41 Å². The molecule has 1 unspecified atom stereocenters. The van der Waals surface area contributed by atoms with Gasteiger partial charge in [0.05, 0.1) is 6.07 Å². The number of nitrogens with zero attached hydrogens (tertiary/aromatic N) is 1. The lowest BCUT2D eigenvalue weighted by atomic mass is 9.85. The average molecular weight is 307 g/mol. The zero-order valence-corrected chi connectivity index (χ0v) is 14.2. The van der Waals surface area contributed by atoms with E-state index in [2.05, 4.69) is 6.58 Å². The molecule has 0 saturated heterocycles. The van der Waals surface area contributed by atoms with Crippen LogP contribution < -0.4 is 0 Å². The SMILES string of the molecule is C=CCC(C#N)(/C=C\C(=O)OC(C)(C)C)C(=O)OC(C)(C)C. The fraction of sp³-hybridized carbons (Fsp3) is 0.588. The first-order chi connectivity index (χ1) is 9.85. The molecule has 1 atom stereocenters. The molecule has 0 N–H and O–H groups in total. The minimum atomic E-state index is -1.59. The monoisotopic (exact) mass is 307 g/mol. The summed E-state index contributed by atoms with van der Waals surface area (Å²) in [5.74, 6) is -1.35. The van der Waals surface area contributed by atoms with Crippen molar-refractivity contribution in [3.8, 4) is 6.07 Å². The van der Waals surface area contributed by atoms with Gasteiger partial charge in [0.2, 0.25) is 0 Å². The van der Waals surface area contributed by atoms with E-state index in [-0.39, 0.29) is 6.42 Å². The average Bonchev–Trinajstić information content (AvgIpc) is 2.30. The van der Waals surface area contributed by atoms with Crippen molar-refractivity contribution >= 4 is 11.9 Å². The Labute approximate surface area is 132 Å². The van der Waals surface area contributed by atoms with Crippen molar-refractivity contribution in [2.75, 3.05) is 0 Å². The van der Waals surface area contributed by atoms with Gasteiger partial charge in [-0.15, -0.1) is 6.58 Å². The summed E-state index contributed by atoms with van der Waals surface area (Å²) in [5.41, 5.74) is -2.98. The maximum Gasteiger partial charge on any atom is 0.331 e. The lowest BCUT2D eigenvalue weighted by molar-refractivity contribution is -0.161. The highest BCUT2D eigenvalue weighted by Crippen LogP contribution is 2.28. The molecule has 0 heterocycles. The Morgan fingerprint density at radius 2 is 1.59 bits per heavy atom. The van der Waals surface area contributed by atoms with E-state index < -0.39 is 28.6 Å². The van der Waals surface area contributed by atoms with E-state index in [0.29, 0.717) is 0 Å². The highest BCUT2D eigenvalue weighted by Gasteiger charge is 2.39. The van der Waals surface area contributed by atoms with E-state index in [4.69, 9.17) is 9.47 Å². The van der Waals surface area contributed by atoms with Gasteiger partial charge in [0.25, 0.3) is 0 Å². The minimum absolute atomic E-state index is 0.0394. The van der Waals surface area contributed by atoms with E-state index in [1.807, 2.05) is 6.07 Å². The Hall–Kier alpha value is -2.09. The van der Waals surface area contributed by atoms with Crippen molar-refractivity contribution < 1.29 is 19.1 Å². The summed E-state index contributed by atoms with van der Waals surface area (Å²) < 4.78 is 10.4. The van der Waals surface area contributed by atoms with Crippen LogP contribution >= 0.6 is 0 Å². The van der Waals surface area contributed by atoms with Gasteiger partial charge in [-0.05, 0) is 54.0 Å². The molecule has 5 heteroatoms. The molecule has 0 saturated carbocycles. The predicted molar refractivity (Wildman–Crippen MR) is 83.7 cm³/mol. The zero-order chi connectivity index (χ0) is 17.6. The molecule has 0 bridgehead atoms. The van der Waals surface area contributed by atoms with E-state index in [1.165, 1.54) is 12.2 Å². The van der Waals surface area contributed by atoms with Crippen LogP contribution in [0.3, 0.4) is 0 Å². The first-order valence-corrected chi connectivity index (χ1v) is 7.03. The Bertz CT molecular complexity index is 500. The molecule has 5 nitrogen and oxygen atoms in total. The number of hydrogen-bond acceptors (Lipinski definition) is 5. The Morgan fingerprint density at radius 3 is 1.95 bits per heavy atom. The van der Waals surface area contributed by atoms with Crippen molar-refractivity contribution in [3.63, 3.8) is 0 Å². The van der Waals surface area contributed by atoms with Gasteiger partial charge in [0.1, 0.15) is 11.2 Å². The zero-order valence-electron chi connectivity index (χ0n) is 14.2. The summed E-state index contributed by atoms with van der Waals surface area (Å²) in [4.78, 5) is 24.0. The van der Waals surface area contributed by atoms with Gasteiger partial charge < -0.3 is 9.47 Å². The lowest BCUT2D eigenvalue weighted by Crippen LogP contribution is -2.35. The second-order valence-corrected chi connectivity index (χ2v) is 6.94. The molecule has 0 aromatic rings. The number of carbonyl (C=O) groups is 2. The summed E-state index contributed by atoms with van der Waals surface area (Å²) in [6.07, 6.45) is 3.78. The number of allylic oxidation sites excluding steroid dienone is 1. The number of rotatable bonds is 5. The van der Waals surface area contributed by atoms with Crippen molar-refractivity contribution in [2.45, 2.75) is 59.2 Å². The van der Waals surface area contributed by atoms with Gasteiger partial charge in [0, 0.05) is 6.08 Å². The molecule has 0 aromatic heterocycles. The molecular weight excluding hydrogens is 282 g/mol. The lowest BCUT2D eigenvalue weighted by Gasteiger charge is -2.26. The van der Waals surface area contributed by atoms with Gasteiger partial charge in [-0.1, -0.05) is 6.08 Å². The van der Waals surface area contributed by atoms with Crippen molar-refractivity contribution in [1.29, 1.82) is 5.26 Å². The first-order valence-electron chi connectivity index (χ1n) is 7.03. The number of nitriles is 1. The van der Waals surface area contributed by atoms with Gasteiger partial charge in [0.15, 0.2) is 5.41 Å². The van der Waals surface area contributed by atoms with Crippen LogP contribution in [0.2, 0.25) is 0 Å². The van der Waals surface area contributed by atoms with Crippen molar-refractivity contribution in [3.05, 3.63) is 24.8 Å². The van der Waals surface area contributed by atoms with E-state index in [0.717, 1.165) is 6.08 Å². The molecule has 0 aliphatic heterocycles. The molecule has 122 valence electrons. The van der Waals surface area contributed by atoms with E-state index in [1.54, 1.807) is 41.5 Å². The molecule has 0 aliphatic rings. The van der Waals surface area contributed by atoms with Crippen LogP contribution in [0.5, 0.6) is 0 Å². The van der Waals surface area contributed by atoms with E-state index >= 15 is 0 Å². The molecule has 22 heavy (non-hydrogen) atoms. The fourth-order valence-electron chi connectivity index (χ4n) is 1.49. The molecule has 0 radical (unpaired) electrons. The Morgan fingerprint density at radius 1 is 1.09 bits per heavy atom. The molecule has 0 spiro atoms. The van der Waals surface area contributed by atoms with Crippen LogP contribution in [-0.4, -0.2) is 23.1 Å².